The van der Waals surface area contributed by atoms with Gasteiger partial charge in [0, 0.05) is 17.9 Å². The lowest BCUT2D eigenvalue weighted by Gasteiger charge is -2.36. The van der Waals surface area contributed by atoms with Crippen LogP contribution >= 0.6 is 0 Å². The van der Waals surface area contributed by atoms with E-state index >= 15 is 0 Å². The normalized spacial score (nSPS) is 31.5. The molecular weight excluding hydrogens is 184 g/mol. The monoisotopic (exact) mass is 204 g/mol. The number of aromatic nitrogens is 1. The lowest BCUT2D eigenvalue weighted by molar-refractivity contribution is 0.247. The maximum absolute atomic E-state index is 6.47. The first-order valence-corrected chi connectivity index (χ1v) is 5.81. The molecule has 1 fully saturated rings. The second-order valence-corrected chi connectivity index (χ2v) is 5.09. The molecule has 1 aliphatic rings. The summed E-state index contributed by atoms with van der Waals surface area (Å²) in [5.74, 6) is 0.833. The van der Waals surface area contributed by atoms with Crippen molar-refractivity contribution in [3.05, 3.63) is 29.6 Å². The van der Waals surface area contributed by atoms with Crippen molar-refractivity contribution in [3.8, 4) is 0 Å². The SMILES string of the molecule is Cc1cncc(C2(N)CCC(C)CC2)c1. The fourth-order valence-electron chi connectivity index (χ4n) is 2.39. The van der Waals surface area contributed by atoms with Crippen molar-refractivity contribution in [1.29, 1.82) is 0 Å². The summed E-state index contributed by atoms with van der Waals surface area (Å²) in [6, 6.07) is 2.18. The molecule has 0 amide bonds. The Morgan fingerprint density at radius 3 is 2.60 bits per heavy atom. The summed E-state index contributed by atoms with van der Waals surface area (Å²) in [5.41, 5.74) is 8.77. The van der Waals surface area contributed by atoms with Gasteiger partial charge in [-0.3, -0.25) is 4.98 Å². The maximum Gasteiger partial charge on any atom is 0.0425 e. The number of hydrogen-bond acceptors (Lipinski definition) is 2. The second-order valence-electron chi connectivity index (χ2n) is 5.09. The molecule has 0 aliphatic heterocycles. The Morgan fingerprint density at radius 2 is 2.00 bits per heavy atom. The van der Waals surface area contributed by atoms with Gasteiger partial charge in [0.15, 0.2) is 0 Å². The van der Waals surface area contributed by atoms with Gasteiger partial charge in [0.1, 0.15) is 0 Å². The molecule has 15 heavy (non-hydrogen) atoms. The average Bonchev–Trinajstić information content (AvgIpc) is 2.23. The lowest BCUT2D eigenvalue weighted by atomic mass is 9.74. The van der Waals surface area contributed by atoms with E-state index in [9.17, 15) is 0 Å². The van der Waals surface area contributed by atoms with Gasteiger partial charge in [-0.15, -0.1) is 0 Å². The summed E-state index contributed by atoms with van der Waals surface area (Å²) < 4.78 is 0. The molecule has 0 radical (unpaired) electrons. The standard InChI is InChI=1S/C13H20N2/c1-10-3-5-13(14,6-4-10)12-7-11(2)8-15-9-12/h7-10H,3-6,14H2,1-2H3. The van der Waals surface area contributed by atoms with Gasteiger partial charge in [0.25, 0.3) is 0 Å². The van der Waals surface area contributed by atoms with E-state index in [1.165, 1.54) is 24.0 Å². The van der Waals surface area contributed by atoms with Crippen LogP contribution in [0.1, 0.15) is 43.7 Å². The van der Waals surface area contributed by atoms with Crippen molar-refractivity contribution in [2.24, 2.45) is 11.7 Å². The number of pyridine rings is 1. The Kier molecular flexibility index (Phi) is 2.79. The number of rotatable bonds is 1. The van der Waals surface area contributed by atoms with E-state index in [0.29, 0.717) is 0 Å². The van der Waals surface area contributed by atoms with Crippen molar-refractivity contribution in [2.75, 3.05) is 0 Å². The minimum atomic E-state index is -0.120. The molecule has 0 atom stereocenters. The Bertz CT molecular complexity index is 338. The molecule has 0 spiro atoms. The summed E-state index contributed by atoms with van der Waals surface area (Å²) >= 11 is 0. The van der Waals surface area contributed by atoms with E-state index in [-0.39, 0.29) is 5.54 Å². The van der Waals surface area contributed by atoms with E-state index in [0.717, 1.165) is 18.8 Å². The summed E-state index contributed by atoms with van der Waals surface area (Å²) in [6.07, 6.45) is 8.49. The predicted octanol–water partition coefficient (Wildman–Crippen LogP) is 2.75. The minimum absolute atomic E-state index is 0.120. The highest BCUT2D eigenvalue weighted by atomic mass is 14.8. The maximum atomic E-state index is 6.47. The quantitative estimate of drug-likeness (QED) is 0.764. The fraction of sp³-hybridized carbons (Fsp3) is 0.615. The molecule has 1 saturated carbocycles. The third-order valence-electron chi connectivity index (χ3n) is 3.62. The van der Waals surface area contributed by atoms with Crippen molar-refractivity contribution < 1.29 is 0 Å². The van der Waals surface area contributed by atoms with Gasteiger partial charge in [-0.25, -0.2) is 0 Å². The number of nitrogens with zero attached hydrogens (tertiary/aromatic N) is 1. The molecule has 82 valence electrons. The molecule has 0 bridgehead atoms. The number of aryl methyl sites for hydroxylation is 1. The highest BCUT2D eigenvalue weighted by molar-refractivity contribution is 5.25. The van der Waals surface area contributed by atoms with Crippen LogP contribution in [-0.4, -0.2) is 4.98 Å². The van der Waals surface area contributed by atoms with Gasteiger partial charge in [-0.2, -0.15) is 0 Å². The molecule has 1 aliphatic carbocycles. The highest BCUT2D eigenvalue weighted by Crippen LogP contribution is 2.37. The van der Waals surface area contributed by atoms with Gasteiger partial charge in [-0.05, 0) is 49.7 Å². The highest BCUT2D eigenvalue weighted by Gasteiger charge is 2.31. The Balaban J connectivity index is 2.22. The van der Waals surface area contributed by atoms with Crippen molar-refractivity contribution in [2.45, 2.75) is 45.1 Å². The van der Waals surface area contributed by atoms with Gasteiger partial charge in [0.05, 0.1) is 0 Å². The Morgan fingerprint density at radius 1 is 1.33 bits per heavy atom. The zero-order valence-electron chi connectivity index (χ0n) is 9.66. The molecular formula is C13H20N2. The van der Waals surface area contributed by atoms with Gasteiger partial charge < -0.3 is 5.73 Å². The zero-order chi connectivity index (χ0) is 10.9. The third-order valence-corrected chi connectivity index (χ3v) is 3.62. The van der Waals surface area contributed by atoms with Crippen molar-refractivity contribution >= 4 is 0 Å². The van der Waals surface area contributed by atoms with Crippen LogP contribution in [-0.2, 0) is 5.54 Å². The first kappa shape index (κ1) is 10.6. The van der Waals surface area contributed by atoms with E-state index in [1.807, 2.05) is 12.4 Å². The molecule has 2 heteroatoms. The van der Waals surface area contributed by atoms with Crippen molar-refractivity contribution in [1.82, 2.24) is 4.98 Å². The van der Waals surface area contributed by atoms with E-state index in [1.54, 1.807) is 0 Å². The molecule has 0 aromatic carbocycles. The molecule has 2 N–H and O–H groups in total. The molecule has 0 saturated heterocycles. The van der Waals surface area contributed by atoms with Gasteiger partial charge in [0.2, 0.25) is 0 Å². The first-order valence-electron chi connectivity index (χ1n) is 5.81. The molecule has 1 aromatic rings. The third kappa shape index (κ3) is 2.20. The minimum Gasteiger partial charge on any atom is -0.321 e. The lowest BCUT2D eigenvalue weighted by Crippen LogP contribution is -2.40. The Labute approximate surface area is 91.9 Å². The van der Waals surface area contributed by atoms with Crippen LogP contribution < -0.4 is 5.73 Å². The molecule has 1 heterocycles. The summed E-state index contributed by atoms with van der Waals surface area (Å²) in [6.45, 7) is 4.39. The Hall–Kier alpha value is -0.890. The van der Waals surface area contributed by atoms with Crippen LogP contribution in [0, 0.1) is 12.8 Å². The predicted molar refractivity (Wildman–Crippen MR) is 62.5 cm³/mol. The molecule has 1 aromatic heterocycles. The fourth-order valence-corrected chi connectivity index (χ4v) is 2.39. The van der Waals surface area contributed by atoms with Crippen LogP contribution in [0.15, 0.2) is 18.5 Å². The average molecular weight is 204 g/mol. The van der Waals surface area contributed by atoms with Crippen molar-refractivity contribution in [3.63, 3.8) is 0 Å². The van der Waals surface area contributed by atoms with Crippen LogP contribution in [0.2, 0.25) is 0 Å². The summed E-state index contributed by atoms with van der Waals surface area (Å²) in [4.78, 5) is 4.24. The molecule has 2 nitrogen and oxygen atoms in total. The van der Waals surface area contributed by atoms with Crippen LogP contribution in [0.4, 0.5) is 0 Å². The molecule has 0 unspecified atom stereocenters. The zero-order valence-corrected chi connectivity index (χ0v) is 9.66. The van der Waals surface area contributed by atoms with Gasteiger partial charge in [-0.1, -0.05) is 13.0 Å². The summed E-state index contributed by atoms with van der Waals surface area (Å²) in [5, 5.41) is 0. The topological polar surface area (TPSA) is 38.9 Å². The van der Waals surface area contributed by atoms with Gasteiger partial charge >= 0.3 is 0 Å². The largest absolute Gasteiger partial charge is 0.321 e. The van der Waals surface area contributed by atoms with Crippen LogP contribution in [0.5, 0.6) is 0 Å². The summed E-state index contributed by atoms with van der Waals surface area (Å²) in [7, 11) is 0. The van der Waals surface area contributed by atoms with Crippen LogP contribution in [0.3, 0.4) is 0 Å². The second kappa shape index (κ2) is 3.93. The molecule has 2 rings (SSSR count). The van der Waals surface area contributed by atoms with Crippen LogP contribution in [0.25, 0.3) is 0 Å². The van der Waals surface area contributed by atoms with E-state index in [2.05, 4.69) is 24.9 Å². The van der Waals surface area contributed by atoms with E-state index < -0.39 is 0 Å². The number of hydrogen-bond donors (Lipinski definition) is 1. The number of nitrogens with two attached hydrogens (primary N) is 1. The first-order chi connectivity index (χ1) is 7.10. The smallest absolute Gasteiger partial charge is 0.0425 e. The van der Waals surface area contributed by atoms with E-state index in [4.69, 9.17) is 5.73 Å².